The molecular formula is C22H34FN5O3. The van der Waals surface area contributed by atoms with Crippen molar-refractivity contribution >= 4 is 11.8 Å². The molecule has 2 aliphatic carbocycles. The van der Waals surface area contributed by atoms with E-state index in [4.69, 9.17) is 21.1 Å². The van der Waals surface area contributed by atoms with Crippen LogP contribution >= 0.6 is 0 Å². The Morgan fingerprint density at radius 2 is 1.94 bits per heavy atom. The molecule has 2 atom stereocenters. The Balaban J connectivity index is 1.62. The van der Waals surface area contributed by atoms with Crippen molar-refractivity contribution < 1.29 is 18.7 Å². The second kappa shape index (κ2) is 10.7. The maximum absolute atomic E-state index is 13.6. The average molecular weight is 436 g/mol. The molecule has 2 aliphatic rings. The number of amides is 1. The number of nitrogens with two attached hydrogens (primary N) is 2. The molecule has 2 saturated carbocycles. The van der Waals surface area contributed by atoms with Gasteiger partial charge in [0.2, 0.25) is 0 Å². The number of hydrazine groups is 1. The number of ether oxygens (including phenoxy) is 2. The van der Waals surface area contributed by atoms with Crippen LogP contribution in [0.5, 0.6) is 5.75 Å². The molecular weight excluding hydrogens is 401 g/mol. The Hall–Kier alpha value is -2.55. The van der Waals surface area contributed by atoms with Crippen molar-refractivity contribution in [1.29, 1.82) is 0 Å². The van der Waals surface area contributed by atoms with E-state index in [1.54, 1.807) is 37.3 Å². The molecule has 0 radical (unpaired) electrons. The number of hydrogen-bond donors (Lipinski definition) is 2. The van der Waals surface area contributed by atoms with Crippen molar-refractivity contribution in [3.05, 3.63) is 29.7 Å². The van der Waals surface area contributed by atoms with E-state index in [-0.39, 0.29) is 18.8 Å². The third-order valence-corrected chi connectivity index (χ3v) is 6.11. The van der Waals surface area contributed by atoms with Gasteiger partial charge in [-0.2, -0.15) is 0 Å². The van der Waals surface area contributed by atoms with Crippen molar-refractivity contribution in [3.63, 3.8) is 0 Å². The van der Waals surface area contributed by atoms with Gasteiger partial charge in [0.05, 0.1) is 23.3 Å². The first-order valence-electron chi connectivity index (χ1n) is 11.0. The Morgan fingerprint density at radius 1 is 1.19 bits per heavy atom. The van der Waals surface area contributed by atoms with Gasteiger partial charge in [-0.25, -0.2) is 15.0 Å². The van der Waals surface area contributed by atoms with Crippen LogP contribution < -0.4 is 16.3 Å². The fourth-order valence-electron chi connectivity index (χ4n) is 4.19. The first-order valence-corrected chi connectivity index (χ1v) is 11.0. The number of aromatic nitrogens is 1. The summed E-state index contributed by atoms with van der Waals surface area (Å²) in [5, 5.41) is 1.33. The van der Waals surface area contributed by atoms with Gasteiger partial charge in [-0.3, -0.25) is 4.98 Å². The lowest BCUT2D eigenvalue weighted by molar-refractivity contribution is 0.0998. The summed E-state index contributed by atoms with van der Waals surface area (Å²) in [6.45, 7) is -0.0609. The first kappa shape index (κ1) is 23.1. The summed E-state index contributed by atoms with van der Waals surface area (Å²) >= 11 is 0. The molecule has 1 heterocycles. The predicted molar refractivity (Wildman–Crippen MR) is 116 cm³/mol. The van der Waals surface area contributed by atoms with Crippen LogP contribution in [0.15, 0.2) is 24.0 Å². The largest absolute Gasteiger partial charge is 0.489 e. The highest BCUT2D eigenvalue weighted by Crippen LogP contribution is 2.26. The van der Waals surface area contributed by atoms with Crippen molar-refractivity contribution in [3.8, 4) is 5.75 Å². The van der Waals surface area contributed by atoms with Gasteiger partial charge in [-0.15, -0.1) is 0 Å². The zero-order valence-corrected chi connectivity index (χ0v) is 18.4. The average Bonchev–Trinajstić information content (AvgIpc) is 3.28. The highest BCUT2D eigenvalue weighted by molar-refractivity contribution is 5.69. The summed E-state index contributed by atoms with van der Waals surface area (Å²) in [7, 11) is 3.39. The van der Waals surface area contributed by atoms with Crippen LogP contribution in [0.2, 0.25) is 0 Å². The van der Waals surface area contributed by atoms with Gasteiger partial charge >= 0.3 is 6.09 Å². The summed E-state index contributed by atoms with van der Waals surface area (Å²) < 4.78 is 24.9. The van der Waals surface area contributed by atoms with E-state index in [9.17, 15) is 9.18 Å². The van der Waals surface area contributed by atoms with Crippen molar-refractivity contribution in [2.75, 3.05) is 20.7 Å². The zero-order valence-electron chi connectivity index (χ0n) is 18.4. The molecule has 0 saturated heterocycles. The van der Waals surface area contributed by atoms with Crippen molar-refractivity contribution in [1.82, 2.24) is 14.9 Å². The minimum Gasteiger partial charge on any atom is -0.489 e. The molecule has 0 spiro atoms. The van der Waals surface area contributed by atoms with E-state index in [0.717, 1.165) is 38.5 Å². The lowest BCUT2D eigenvalue weighted by atomic mass is 9.96. The van der Waals surface area contributed by atoms with E-state index in [1.165, 1.54) is 5.01 Å². The van der Waals surface area contributed by atoms with Crippen LogP contribution in [0, 0.1) is 0 Å². The minimum absolute atomic E-state index is 0.0609. The molecule has 9 heteroatoms. The Kier molecular flexibility index (Phi) is 7.95. The topological polar surface area (TPSA) is 107 Å². The Bertz CT molecular complexity index is 765. The van der Waals surface area contributed by atoms with E-state index in [0.29, 0.717) is 35.7 Å². The minimum atomic E-state index is -0.803. The van der Waals surface area contributed by atoms with E-state index in [2.05, 4.69) is 4.98 Å². The second-order valence-corrected chi connectivity index (χ2v) is 8.46. The number of alkyl halides is 1. The van der Waals surface area contributed by atoms with Crippen LogP contribution in [-0.2, 0) is 4.74 Å². The van der Waals surface area contributed by atoms with Crippen LogP contribution in [0.4, 0.5) is 9.18 Å². The maximum Gasteiger partial charge on any atom is 0.410 e. The fraction of sp³-hybridized carbons (Fsp3) is 0.636. The Labute approximate surface area is 183 Å². The van der Waals surface area contributed by atoms with Crippen LogP contribution in [0.1, 0.15) is 57.1 Å². The zero-order chi connectivity index (χ0) is 22.4. The molecule has 1 aromatic heterocycles. The highest BCUT2D eigenvalue weighted by atomic mass is 19.1. The number of halogens is 1. The van der Waals surface area contributed by atoms with Gasteiger partial charge in [-0.05, 0) is 44.2 Å². The highest BCUT2D eigenvalue weighted by Gasteiger charge is 2.25. The van der Waals surface area contributed by atoms with Crippen LogP contribution in [0.3, 0.4) is 0 Å². The van der Waals surface area contributed by atoms with Crippen molar-refractivity contribution in [2.24, 2.45) is 11.6 Å². The summed E-state index contributed by atoms with van der Waals surface area (Å²) in [5.41, 5.74) is 7.53. The second-order valence-electron chi connectivity index (χ2n) is 8.46. The lowest BCUT2D eigenvalue weighted by Crippen LogP contribution is -2.37. The predicted octanol–water partition coefficient (Wildman–Crippen LogP) is 3.18. The summed E-state index contributed by atoms with van der Waals surface area (Å²) in [5.74, 6) is 6.50. The molecule has 0 bridgehead atoms. The van der Waals surface area contributed by atoms with Crippen LogP contribution in [-0.4, -0.2) is 60.0 Å². The number of carbonyl (C=O) groups is 1. The molecule has 31 heavy (non-hydrogen) atoms. The fourth-order valence-corrected chi connectivity index (χ4v) is 4.19. The van der Waals surface area contributed by atoms with E-state index >= 15 is 0 Å². The summed E-state index contributed by atoms with van der Waals surface area (Å²) in [6.07, 6.45) is 7.18. The molecule has 1 aromatic rings. The van der Waals surface area contributed by atoms with Gasteiger partial charge < -0.3 is 25.1 Å². The molecule has 2 fully saturated rings. The number of pyridine rings is 1. The number of nitrogens with zero attached hydrogens (tertiary/aromatic N) is 3. The van der Waals surface area contributed by atoms with E-state index in [1.807, 2.05) is 0 Å². The molecule has 4 N–H and O–H groups in total. The Morgan fingerprint density at radius 3 is 2.55 bits per heavy atom. The molecule has 172 valence electrons. The first-order chi connectivity index (χ1) is 14.8. The van der Waals surface area contributed by atoms with Gasteiger partial charge in [0.25, 0.3) is 0 Å². The summed E-state index contributed by atoms with van der Waals surface area (Å²) in [6, 6.07) is 3.69. The third kappa shape index (κ3) is 6.22. The molecule has 2 unspecified atom stereocenters. The quantitative estimate of drug-likeness (QED) is 0.500. The molecule has 0 aromatic carbocycles. The SMILES string of the molecule is CN(N)/C(COC(=O)N(C)C1CCCC1)=C(\N)c1ccc(OC2CCCC(F)C2)cn1. The van der Waals surface area contributed by atoms with Gasteiger partial charge in [-0.1, -0.05) is 12.8 Å². The van der Waals surface area contributed by atoms with Crippen LogP contribution in [0.25, 0.3) is 5.70 Å². The molecule has 1 amide bonds. The number of hydrogen-bond acceptors (Lipinski definition) is 7. The number of rotatable bonds is 7. The number of likely N-dealkylation sites (N-methyl/N-ethyl adjacent to an activating group) is 1. The van der Waals surface area contributed by atoms with E-state index < -0.39 is 12.3 Å². The van der Waals surface area contributed by atoms with Gasteiger partial charge in [0.1, 0.15) is 24.6 Å². The lowest BCUT2D eigenvalue weighted by Gasteiger charge is -2.26. The molecule has 3 rings (SSSR count). The molecule has 8 nitrogen and oxygen atoms in total. The number of carbonyl (C=O) groups excluding carboxylic acids is 1. The van der Waals surface area contributed by atoms with Gasteiger partial charge in [0, 0.05) is 26.6 Å². The van der Waals surface area contributed by atoms with Gasteiger partial charge in [0.15, 0.2) is 0 Å². The summed E-state index contributed by atoms with van der Waals surface area (Å²) in [4.78, 5) is 18.4. The standard InChI is InChI=1S/C22H34FN5O3/c1-27(16-7-3-4-8-16)22(29)30-14-20(28(2)25)21(24)19-11-10-18(13-26-19)31-17-9-5-6-15(23)12-17/h10-11,13,15-17H,3-9,12,14,24-25H2,1-2H3/b21-20-. The van der Waals surface area contributed by atoms with Crippen molar-refractivity contribution in [2.45, 2.75) is 69.7 Å². The maximum atomic E-state index is 13.6. The smallest absolute Gasteiger partial charge is 0.410 e. The molecule has 0 aliphatic heterocycles. The monoisotopic (exact) mass is 435 g/mol. The normalized spacial score (nSPS) is 22.6. The third-order valence-electron chi connectivity index (χ3n) is 6.11.